The Kier molecular flexibility index (Phi) is 4.88. The fourth-order valence-corrected chi connectivity index (χ4v) is 3.96. The molecule has 1 saturated heterocycles. The summed E-state index contributed by atoms with van der Waals surface area (Å²) < 4.78 is 23.2. The lowest BCUT2D eigenvalue weighted by Gasteiger charge is -2.30. The molecule has 0 aromatic carbocycles. The van der Waals surface area contributed by atoms with Gasteiger partial charge in [0, 0.05) is 0 Å². The first-order valence-electron chi connectivity index (χ1n) is 3.91. The number of alkyl halides is 6. The first-order valence-corrected chi connectivity index (χ1v) is 8.06. The van der Waals surface area contributed by atoms with Crippen LogP contribution in [0.25, 0.3) is 0 Å². The predicted molar refractivity (Wildman–Crippen MR) is 67.9 cm³/mol. The van der Waals surface area contributed by atoms with Gasteiger partial charge in [0.25, 0.3) is 4.52 Å². The zero-order valence-electron chi connectivity index (χ0n) is 7.47. The standard InChI is InChI=1S/C6H6Cl6O3S/c7-3-1-16(13,14)2-4(3)15-6(11,12)5(8,9)10/h3-4H,1-2H2/t3-,4+/m0/s1. The highest BCUT2D eigenvalue weighted by atomic mass is 35.6. The average molecular weight is 371 g/mol. The second-order valence-corrected chi connectivity index (χ2v) is 9.52. The molecule has 0 saturated carbocycles. The fraction of sp³-hybridized carbons (Fsp3) is 1.00. The van der Waals surface area contributed by atoms with E-state index in [-0.39, 0.29) is 11.5 Å². The fourth-order valence-electron chi connectivity index (χ4n) is 1.14. The number of hydrogen-bond acceptors (Lipinski definition) is 3. The van der Waals surface area contributed by atoms with Gasteiger partial charge in [0.05, 0.1) is 23.0 Å². The normalized spacial score (nSPS) is 30.6. The Morgan fingerprint density at radius 3 is 1.88 bits per heavy atom. The van der Waals surface area contributed by atoms with Crippen LogP contribution in [0.5, 0.6) is 0 Å². The van der Waals surface area contributed by atoms with Crippen LogP contribution in [0.1, 0.15) is 0 Å². The molecule has 1 fully saturated rings. The SMILES string of the molecule is O=S1(=O)C[C@H](Cl)[C@H](OC(Cl)(Cl)C(Cl)(Cl)Cl)C1. The van der Waals surface area contributed by atoms with Gasteiger partial charge >= 0.3 is 0 Å². The number of sulfone groups is 1. The maximum atomic E-state index is 11.2. The molecule has 2 atom stereocenters. The van der Waals surface area contributed by atoms with E-state index in [0.29, 0.717) is 0 Å². The van der Waals surface area contributed by atoms with Gasteiger partial charge in [-0.2, -0.15) is 0 Å². The third-order valence-corrected chi connectivity index (χ3v) is 6.31. The molecule has 1 aliphatic heterocycles. The van der Waals surface area contributed by atoms with Crippen LogP contribution in [-0.2, 0) is 14.6 Å². The third kappa shape index (κ3) is 3.82. The van der Waals surface area contributed by atoms with Crippen LogP contribution in [0.3, 0.4) is 0 Å². The highest BCUT2D eigenvalue weighted by Crippen LogP contribution is 2.48. The van der Waals surface area contributed by atoms with Crippen molar-refractivity contribution in [2.24, 2.45) is 0 Å². The van der Waals surface area contributed by atoms with Crippen LogP contribution in [0, 0.1) is 0 Å². The van der Waals surface area contributed by atoms with Crippen molar-refractivity contribution in [3.05, 3.63) is 0 Å². The zero-order valence-corrected chi connectivity index (χ0v) is 12.8. The largest absolute Gasteiger partial charge is 0.337 e. The summed E-state index contributed by atoms with van der Waals surface area (Å²) in [6, 6.07) is 0. The van der Waals surface area contributed by atoms with E-state index in [1.165, 1.54) is 0 Å². The molecule has 0 aromatic rings. The monoisotopic (exact) mass is 368 g/mol. The van der Waals surface area contributed by atoms with E-state index in [0.717, 1.165) is 0 Å². The summed E-state index contributed by atoms with van der Waals surface area (Å²) in [7, 11) is -3.27. The van der Waals surface area contributed by atoms with E-state index < -0.39 is 29.6 Å². The van der Waals surface area contributed by atoms with Gasteiger partial charge in [-0.1, -0.05) is 58.0 Å². The number of ether oxygens (including phenoxy) is 1. The molecule has 96 valence electrons. The summed E-state index contributed by atoms with van der Waals surface area (Å²) in [6.45, 7) is 0. The van der Waals surface area contributed by atoms with Crippen LogP contribution in [0.15, 0.2) is 0 Å². The van der Waals surface area contributed by atoms with Gasteiger partial charge < -0.3 is 4.74 Å². The van der Waals surface area contributed by atoms with Gasteiger partial charge in [-0.3, -0.25) is 0 Å². The molecule has 0 radical (unpaired) electrons. The lowest BCUT2D eigenvalue weighted by molar-refractivity contribution is 0.0265. The zero-order chi connectivity index (χ0) is 12.8. The number of rotatable bonds is 2. The van der Waals surface area contributed by atoms with Gasteiger partial charge in [-0.25, -0.2) is 8.42 Å². The van der Waals surface area contributed by atoms with Crippen molar-refractivity contribution in [3.63, 3.8) is 0 Å². The molecule has 1 aliphatic rings. The smallest absolute Gasteiger partial charge is 0.266 e. The van der Waals surface area contributed by atoms with E-state index in [9.17, 15) is 8.42 Å². The molecule has 0 amide bonds. The van der Waals surface area contributed by atoms with Crippen molar-refractivity contribution in [3.8, 4) is 0 Å². The maximum Gasteiger partial charge on any atom is 0.266 e. The second-order valence-electron chi connectivity index (χ2n) is 3.26. The average Bonchev–Trinajstić information content (AvgIpc) is 2.20. The van der Waals surface area contributed by atoms with Crippen LogP contribution in [-0.4, -0.2) is 39.7 Å². The minimum Gasteiger partial charge on any atom is -0.337 e. The summed E-state index contributed by atoms with van der Waals surface area (Å²) >= 11 is 33.5. The molecule has 10 heteroatoms. The second kappa shape index (κ2) is 4.97. The molecule has 3 nitrogen and oxygen atoms in total. The molecule has 0 aromatic heterocycles. The maximum absolute atomic E-state index is 11.2. The Balaban J connectivity index is 2.77. The van der Waals surface area contributed by atoms with E-state index in [2.05, 4.69) is 0 Å². The van der Waals surface area contributed by atoms with Crippen molar-refractivity contribution in [1.29, 1.82) is 0 Å². The van der Waals surface area contributed by atoms with Gasteiger partial charge in [0.15, 0.2) is 9.84 Å². The quantitative estimate of drug-likeness (QED) is 0.702. The van der Waals surface area contributed by atoms with Crippen molar-refractivity contribution in [2.45, 2.75) is 19.8 Å². The molecule has 1 heterocycles. The molecule has 16 heavy (non-hydrogen) atoms. The Morgan fingerprint density at radius 1 is 1.06 bits per heavy atom. The first-order chi connectivity index (χ1) is 6.95. The van der Waals surface area contributed by atoms with Crippen molar-refractivity contribution >= 4 is 79.4 Å². The van der Waals surface area contributed by atoms with Crippen LogP contribution < -0.4 is 0 Å². The van der Waals surface area contributed by atoms with E-state index >= 15 is 0 Å². The van der Waals surface area contributed by atoms with E-state index in [1.807, 2.05) is 0 Å². The summed E-state index contributed by atoms with van der Waals surface area (Å²) in [5.74, 6) is -0.522. The van der Waals surface area contributed by atoms with Gasteiger partial charge in [-0.05, 0) is 0 Å². The highest BCUT2D eigenvalue weighted by Gasteiger charge is 2.51. The molecular formula is C6H6Cl6O3S. The van der Waals surface area contributed by atoms with Crippen LogP contribution in [0.2, 0.25) is 0 Å². The van der Waals surface area contributed by atoms with Crippen LogP contribution in [0.4, 0.5) is 0 Å². The van der Waals surface area contributed by atoms with Crippen LogP contribution >= 0.6 is 69.6 Å². The van der Waals surface area contributed by atoms with Gasteiger partial charge in [0.1, 0.15) is 0 Å². The number of hydrogen-bond donors (Lipinski definition) is 0. The lowest BCUT2D eigenvalue weighted by atomic mass is 10.3. The molecule has 0 N–H and O–H groups in total. The molecular weight excluding hydrogens is 365 g/mol. The van der Waals surface area contributed by atoms with Gasteiger partial charge in [-0.15, -0.1) is 11.6 Å². The topological polar surface area (TPSA) is 43.4 Å². The molecule has 0 bridgehead atoms. The predicted octanol–water partition coefficient (Wildman–Crippen LogP) is 2.91. The minimum absolute atomic E-state index is 0.219. The summed E-state index contributed by atoms with van der Waals surface area (Å²) in [5, 5.41) is -0.769. The Labute approximate surface area is 123 Å². The highest BCUT2D eigenvalue weighted by molar-refractivity contribution is 7.91. The lowest BCUT2D eigenvalue weighted by Crippen LogP contribution is -2.40. The summed E-state index contributed by atoms with van der Waals surface area (Å²) in [5.41, 5.74) is 0. The Morgan fingerprint density at radius 2 is 1.56 bits per heavy atom. The minimum atomic E-state index is -3.27. The molecule has 0 spiro atoms. The van der Waals surface area contributed by atoms with Crippen molar-refractivity contribution in [2.75, 3.05) is 11.5 Å². The summed E-state index contributed by atoms with van der Waals surface area (Å²) in [4.78, 5) is 0. The van der Waals surface area contributed by atoms with Gasteiger partial charge in [0.2, 0.25) is 3.79 Å². The van der Waals surface area contributed by atoms with Crippen molar-refractivity contribution in [1.82, 2.24) is 0 Å². The third-order valence-electron chi connectivity index (χ3n) is 1.86. The molecule has 0 unspecified atom stereocenters. The van der Waals surface area contributed by atoms with E-state index in [4.69, 9.17) is 74.3 Å². The number of halogens is 6. The Hall–Kier alpha value is 1.65. The first kappa shape index (κ1) is 15.7. The Bertz CT molecular complexity index is 361. The molecule has 0 aliphatic carbocycles. The molecule has 1 rings (SSSR count). The van der Waals surface area contributed by atoms with E-state index in [1.54, 1.807) is 0 Å². The summed E-state index contributed by atoms with van der Waals surface area (Å²) in [6.07, 6.45) is -0.905. The van der Waals surface area contributed by atoms with Crippen molar-refractivity contribution < 1.29 is 13.2 Å².